The number of carbonyl (C=O) groups excluding carboxylic acids is 1. The Kier molecular flexibility index (Phi) is 3.04. The molecule has 4 rings (SSSR count). The van der Waals surface area contributed by atoms with E-state index in [2.05, 4.69) is 9.98 Å². The first-order valence-corrected chi connectivity index (χ1v) is 7.33. The van der Waals surface area contributed by atoms with E-state index in [4.69, 9.17) is 5.26 Å². The summed E-state index contributed by atoms with van der Waals surface area (Å²) < 4.78 is 0. The summed E-state index contributed by atoms with van der Waals surface area (Å²) in [5.41, 5.74) is 3.75. The lowest BCUT2D eigenvalue weighted by molar-refractivity contribution is 0.101. The molecule has 1 aromatic heterocycles. The van der Waals surface area contributed by atoms with Crippen molar-refractivity contribution < 1.29 is 9.90 Å². The fourth-order valence-electron chi connectivity index (χ4n) is 2.88. The number of rotatable bonds is 2. The Bertz CT molecular complexity index is 1020. The average Bonchev–Trinajstić information content (AvgIpc) is 3.15. The topological polar surface area (TPSA) is 89.2 Å². The van der Waals surface area contributed by atoms with Crippen molar-refractivity contribution in [2.45, 2.75) is 0 Å². The van der Waals surface area contributed by atoms with Gasteiger partial charge in [-0.25, -0.2) is 4.99 Å². The Balaban J connectivity index is 1.87. The van der Waals surface area contributed by atoms with Gasteiger partial charge in [-0.1, -0.05) is 42.5 Å². The minimum absolute atomic E-state index is 0.0854. The van der Waals surface area contributed by atoms with Gasteiger partial charge in [-0.3, -0.25) is 4.79 Å². The number of fused-ring (bicyclic) bond motifs is 1. The quantitative estimate of drug-likeness (QED) is 0.761. The maximum absolute atomic E-state index is 12.4. The molecule has 1 aliphatic rings. The van der Waals surface area contributed by atoms with Crippen LogP contribution in [0.25, 0.3) is 11.3 Å². The van der Waals surface area contributed by atoms with Crippen LogP contribution in [0.1, 0.15) is 27.0 Å². The van der Waals surface area contributed by atoms with Gasteiger partial charge in [-0.15, -0.1) is 0 Å². The van der Waals surface area contributed by atoms with E-state index in [1.807, 2.05) is 36.4 Å². The largest absolute Gasteiger partial charge is 0.494 e. The Hall–Kier alpha value is -3.65. The zero-order valence-corrected chi connectivity index (χ0v) is 12.4. The van der Waals surface area contributed by atoms with Gasteiger partial charge in [0.1, 0.15) is 0 Å². The fourth-order valence-corrected chi connectivity index (χ4v) is 2.88. The van der Waals surface area contributed by atoms with Crippen LogP contribution in [0.3, 0.4) is 0 Å². The summed E-state index contributed by atoms with van der Waals surface area (Å²) in [6.07, 6.45) is 0. The molecule has 0 saturated carbocycles. The molecule has 114 valence electrons. The third kappa shape index (κ3) is 2.02. The lowest BCUT2D eigenvalue weighted by Gasteiger charge is -2.01. The molecule has 0 aliphatic carbocycles. The number of H-pyrrole nitrogens is 1. The smallest absolute Gasteiger partial charge is 0.280 e. The molecule has 5 heteroatoms. The van der Waals surface area contributed by atoms with Crippen LogP contribution in [0.4, 0.5) is 0 Å². The fraction of sp³-hybridized carbons (Fsp3) is 0. The van der Waals surface area contributed by atoms with Gasteiger partial charge in [-0.05, 0) is 17.7 Å². The predicted octanol–water partition coefficient (Wildman–Crippen LogP) is 3.25. The molecule has 24 heavy (non-hydrogen) atoms. The highest BCUT2D eigenvalue weighted by Crippen LogP contribution is 2.37. The molecule has 0 fully saturated rings. The summed E-state index contributed by atoms with van der Waals surface area (Å²) >= 11 is 0. The van der Waals surface area contributed by atoms with E-state index in [1.165, 1.54) is 0 Å². The second kappa shape index (κ2) is 5.21. The maximum Gasteiger partial charge on any atom is 0.280 e. The molecule has 2 N–H and O–H groups in total. The standard InChI is InChI=1S/C19H11N3O2/c20-10-11-6-8-13(9-7-11)17-15-14(18(23)22-17)16(21-19(15)24)12-4-2-1-3-5-12/h1-9,21,24H. The van der Waals surface area contributed by atoms with Crippen LogP contribution in [0, 0.1) is 11.3 Å². The van der Waals surface area contributed by atoms with Gasteiger partial charge in [0.15, 0.2) is 5.88 Å². The van der Waals surface area contributed by atoms with Gasteiger partial charge in [-0.2, -0.15) is 5.26 Å². The number of aromatic hydroxyl groups is 1. The molecule has 1 amide bonds. The molecule has 0 radical (unpaired) electrons. The molecule has 0 atom stereocenters. The van der Waals surface area contributed by atoms with Crippen molar-refractivity contribution in [1.82, 2.24) is 4.98 Å². The number of aliphatic imine (C=N–C) groups is 1. The van der Waals surface area contributed by atoms with E-state index in [9.17, 15) is 9.90 Å². The molecular formula is C19H11N3O2. The summed E-state index contributed by atoms with van der Waals surface area (Å²) in [6, 6.07) is 18.1. The third-order valence-electron chi connectivity index (χ3n) is 3.99. The van der Waals surface area contributed by atoms with E-state index >= 15 is 0 Å². The van der Waals surface area contributed by atoms with Crippen molar-refractivity contribution in [2.75, 3.05) is 0 Å². The SMILES string of the molecule is N#Cc1ccc(C2=NC(=O)c3c(-c4ccccc4)[nH]c(O)c32)cc1. The number of amides is 1. The normalized spacial score (nSPS) is 12.6. The van der Waals surface area contributed by atoms with E-state index in [1.54, 1.807) is 24.3 Å². The van der Waals surface area contributed by atoms with Gasteiger partial charge in [0.25, 0.3) is 5.91 Å². The Morgan fingerprint density at radius 2 is 1.67 bits per heavy atom. The molecule has 0 bridgehead atoms. The zero-order chi connectivity index (χ0) is 16.7. The predicted molar refractivity (Wildman–Crippen MR) is 89.0 cm³/mol. The summed E-state index contributed by atoms with van der Waals surface area (Å²) in [5.74, 6) is -0.474. The van der Waals surface area contributed by atoms with Crippen LogP contribution < -0.4 is 0 Å². The van der Waals surface area contributed by atoms with Gasteiger partial charge in [0.2, 0.25) is 0 Å². The minimum atomic E-state index is -0.389. The monoisotopic (exact) mass is 313 g/mol. The van der Waals surface area contributed by atoms with Gasteiger partial charge < -0.3 is 10.1 Å². The molecule has 0 spiro atoms. The summed E-state index contributed by atoms with van der Waals surface area (Å²) in [4.78, 5) is 19.4. The molecule has 3 aromatic rings. The summed E-state index contributed by atoms with van der Waals surface area (Å²) in [7, 11) is 0. The molecule has 1 aliphatic heterocycles. The second-order valence-corrected chi connectivity index (χ2v) is 5.42. The zero-order valence-electron chi connectivity index (χ0n) is 12.4. The van der Waals surface area contributed by atoms with E-state index in [0.717, 1.165) is 5.56 Å². The number of benzene rings is 2. The van der Waals surface area contributed by atoms with Crippen LogP contribution in [0.2, 0.25) is 0 Å². The third-order valence-corrected chi connectivity index (χ3v) is 3.99. The molecule has 0 unspecified atom stereocenters. The van der Waals surface area contributed by atoms with Crippen molar-refractivity contribution in [1.29, 1.82) is 5.26 Å². The highest BCUT2D eigenvalue weighted by molar-refractivity contribution is 6.30. The number of nitrogens with one attached hydrogen (secondary N) is 1. The van der Waals surface area contributed by atoms with Gasteiger partial charge in [0, 0.05) is 5.56 Å². The highest BCUT2D eigenvalue weighted by Gasteiger charge is 2.33. The van der Waals surface area contributed by atoms with Crippen LogP contribution in [0.5, 0.6) is 5.88 Å². The number of hydrogen-bond donors (Lipinski definition) is 2. The molecule has 2 heterocycles. The first-order chi connectivity index (χ1) is 11.7. The molecule has 2 aromatic carbocycles. The van der Waals surface area contributed by atoms with E-state index < -0.39 is 0 Å². The van der Waals surface area contributed by atoms with Crippen molar-refractivity contribution in [3.63, 3.8) is 0 Å². The lowest BCUT2D eigenvalue weighted by Crippen LogP contribution is -1.99. The Morgan fingerprint density at radius 1 is 0.958 bits per heavy atom. The summed E-state index contributed by atoms with van der Waals surface area (Å²) in [5, 5.41) is 19.2. The maximum atomic E-state index is 12.4. The van der Waals surface area contributed by atoms with Crippen LogP contribution >= 0.6 is 0 Å². The first kappa shape index (κ1) is 14.0. The van der Waals surface area contributed by atoms with E-state index in [-0.39, 0.29) is 11.8 Å². The Morgan fingerprint density at radius 3 is 2.33 bits per heavy atom. The van der Waals surface area contributed by atoms with Crippen molar-refractivity contribution in [3.05, 3.63) is 76.9 Å². The average molecular weight is 313 g/mol. The lowest BCUT2D eigenvalue weighted by atomic mass is 9.99. The molecule has 5 nitrogen and oxygen atoms in total. The van der Waals surface area contributed by atoms with Crippen LogP contribution in [-0.4, -0.2) is 21.7 Å². The summed E-state index contributed by atoms with van der Waals surface area (Å²) in [6.45, 7) is 0. The van der Waals surface area contributed by atoms with Crippen molar-refractivity contribution in [3.8, 4) is 23.2 Å². The molecular weight excluding hydrogens is 302 g/mol. The van der Waals surface area contributed by atoms with Crippen LogP contribution in [-0.2, 0) is 0 Å². The number of nitrogens with zero attached hydrogens (tertiary/aromatic N) is 2. The van der Waals surface area contributed by atoms with Crippen molar-refractivity contribution in [2.24, 2.45) is 4.99 Å². The number of carbonyl (C=O) groups is 1. The minimum Gasteiger partial charge on any atom is -0.494 e. The number of aromatic amines is 1. The number of nitriles is 1. The highest BCUT2D eigenvalue weighted by atomic mass is 16.3. The van der Waals surface area contributed by atoms with Crippen LogP contribution in [0.15, 0.2) is 59.6 Å². The van der Waals surface area contributed by atoms with E-state index in [0.29, 0.717) is 33.7 Å². The number of hydrogen-bond acceptors (Lipinski definition) is 3. The van der Waals surface area contributed by atoms with Gasteiger partial charge in [0.05, 0.1) is 34.2 Å². The number of aromatic nitrogens is 1. The van der Waals surface area contributed by atoms with Crippen molar-refractivity contribution >= 4 is 11.6 Å². The second-order valence-electron chi connectivity index (χ2n) is 5.42. The first-order valence-electron chi connectivity index (χ1n) is 7.33. The Labute approximate surface area is 137 Å². The van der Waals surface area contributed by atoms with Gasteiger partial charge >= 0.3 is 0 Å². The molecule has 0 saturated heterocycles.